The monoisotopic (exact) mass is 273 g/mol. The molecule has 2 nitrogen and oxygen atoms in total. The Morgan fingerprint density at radius 2 is 1.75 bits per heavy atom. The summed E-state index contributed by atoms with van der Waals surface area (Å²) >= 11 is 0. The molecule has 1 N–H and O–H groups in total. The third kappa shape index (κ3) is 2.83. The quantitative estimate of drug-likeness (QED) is 0.914. The van der Waals surface area contributed by atoms with E-state index in [2.05, 4.69) is 5.32 Å². The number of methoxy groups -OCH3 is 1. The number of aryl methyl sites for hydroxylation is 2. The standard InChI is InChI=1S/C17H20FNO/c1-11-7-14(8-12(2)17(11)20-4)16-9-15(18)6-5-13(16)10-19-3/h5-9,19H,10H2,1-4H3. The summed E-state index contributed by atoms with van der Waals surface area (Å²) in [7, 11) is 3.56. The van der Waals surface area contributed by atoms with E-state index >= 15 is 0 Å². The number of rotatable bonds is 4. The van der Waals surface area contributed by atoms with Crippen LogP contribution in [0.15, 0.2) is 30.3 Å². The molecule has 0 fully saturated rings. The van der Waals surface area contributed by atoms with Gasteiger partial charge in [0.2, 0.25) is 0 Å². The molecule has 0 bridgehead atoms. The van der Waals surface area contributed by atoms with Gasteiger partial charge in [0.25, 0.3) is 0 Å². The first-order valence-electron chi connectivity index (χ1n) is 6.65. The van der Waals surface area contributed by atoms with Crippen LogP contribution in [0.3, 0.4) is 0 Å². The maximum absolute atomic E-state index is 13.6. The zero-order chi connectivity index (χ0) is 14.7. The van der Waals surface area contributed by atoms with Gasteiger partial charge in [0.15, 0.2) is 0 Å². The predicted molar refractivity (Wildman–Crippen MR) is 80.6 cm³/mol. The van der Waals surface area contributed by atoms with Gasteiger partial charge in [-0.2, -0.15) is 0 Å². The molecule has 0 aliphatic rings. The molecule has 2 aromatic carbocycles. The van der Waals surface area contributed by atoms with Crippen LogP contribution in [-0.2, 0) is 6.54 Å². The van der Waals surface area contributed by atoms with Gasteiger partial charge >= 0.3 is 0 Å². The minimum absolute atomic E-state index is 0.217. The van der Waals surface area contributed by atoms with Crippen LogP contribution >= 0.6 is 0 Å². The van der Waals surface area contributed by atoms with E-state index in [-0.39, 0.29) is 5.82 Å². The highest BCUT2D eigenvalue weighted by atomic mass is 19.1. The first-order chi connectivity index (χ1) is 9.56. The number of halogens is 1. The fourth-order valence-corrected chi connectivity index (χ4v) is 2.59. The second-order valence-corrected chi connectivity index (χ2v) is 4.98. The van der Waals surface area contributed by atoms with Crippen molar-refractivity contribution in [1.82, 2.24) is 5.32 Å². The van der Waals surface area contributed by atoms with Crippen molar-refractivity contribution >= 4 is 0 Å². The molecule has 0 heterocycles. The molecule has 0 radical (unpaired) electrons. The van der Waals surface area contributed by atoms with Crippen molar-refractivity contribution < 1.29 is 9.13 Å². The number of hydrogen-bond donors (Lipinski definition) is 1. The van der Waals surface area contributed by atoms with Gasteiger partial charge < -0.3 is 10.1 Å². The number of nitrogens with one attached hydrogen (secondary N) is 1. The lowest BCUT2D eigenvalue weighted by atomic mass is 9.95. The van der Waals surface area contributed by atoms with Gasteiger partial charge in [0.05, 0.1) is 7.11 Å². The van der Waals surface area contributed by atoms with Crippen molar-refractivity contribution in [2.45, 2.75) is 20.4 Å². The Morgan fingerprint density at radius 3 is 2.30 bits per heavy atom. The zero-order valence-corrected chi connectivity index (χ0v) is 12.4. The van der Waals surface area contributed by atoms with Crippen LogP contribution in [-0.4, -0.2) is 14.2 Å². The van der Waals surface area contributed by atoms with Gasteiger partial charge in [-0.25, -0.2) is 4.39 Å². The van der Waals surface area contributed by atoms with E-state index in [1.165, 1.54) is 6.07 Å². The molecular weight excluding hydrogens is 253 g/mol. The van der Waals surface area contributed by atoms with Crippen molar-refractivity contribution in [2.24, 2.45) is 0 Å². The molecule has 0 aliphatic carbocycles. The number of hydrogen-bond acceptors (Lipinski definition) is 2. The highest BCUT2D eigenvalue weighted by molar-refractivity contribution is 5.70. The van der Waals surface area contributed by atoms with E-state index < -0.39 is 0 Å². The highest BCUT2D eigenvalue weighted by Gasteiger charge is 2.10. The summed E-state index contributed by atoms with van der Waals surface area (Å²) in [5.41, 5.74) is 5.14. The van der Waals surface area contributed by atoms with Crippen LogP contribution in [0.25, 0.3) is 11.1 Å². The van der Waals surface area contributed by atoms with Crippen LogP contribution in [0.5, 0.6) is 5.75 Å². The molecule has 0 unspecified atom stereocenters. The summed E-state index contributed by atoms with van der Waals surface area (Å²) in [4.78, 5) is 0. The Labute approximate surface area is 119 Å². The zero-order valence-electron chi connectivity index (χ0n) is 12.4. The van der Waals surface area contributed by atoms with E-state index in [0.717, 1.165) is 33.6 Å². The van der Waals surface area contributed by atoms with Gasteiger partial charge in [-0.15, -0.1) is 0 Å². The number of benzene rings is 2. The lowest BCUT2D eigenvalue weighted by Gasteiger charge is -2.14. The fourth-order valence-electron chi connectivity index (χ4n) is 2.59. The van der Waals surface area contributed by atoms with Gasteiger partial charge in [0, 0.05) is 6.54 Å². The Balaban J connectivity index is 2.59. The molecule has 0 spiro atoms. The minimum atomic E-state index is -0.217. The SMILES string of the molecule is CNCc1ccc(F)cc1-c1cc(C)c(OC)c(C)c1. The molecule has 0 aliphatic heterocycles. The van der Waals surface area contributed by atoms with Gasteiger partial charge in [-0.1, -0.05) is 6.07 Å². The van der Waals surface area contributed by atoms with Crippen LogP contribution < -0.4 is 10.1 Å². The normalized spacial score (nSPS) is 10.7. The molecule has 0 saturated carbocycles. The Kier molecular flexibility index (Phi) is 4.40. The first kappa shape index (κ1) is 14.5. The average Bonchev–Trinajstić information content (AvgIpc) is 2.40. The molecule has 0 atom stereocenters. The average molecular weight is 273 g/mol. The van der Waals surface area contributed by atoms with Crippen molar-refractivity contribution in [3.8, 4) is 16.9 Å². The second kappa shape index (κ2) is 6.06. The molecule has 106 valence electrons. The molecule has 2 aromatic rings. The van der Waals surface area contributed by atoms with E-state index in [4.69, 9.17) is 4.74 Å². The molecule has 3 heteroatoms. The topological polar surface area (TPSA) is 21.3 Å². The maximum atomic E-state index is 13.6. The third-order valence-electron chi connectivity index (χ3n) is 3.41. The van der Waals surface area contributed by atoms with E-state index in [9.17, 15) is 4.39 Å². The second-order valence-electron chi connectivity index (χ2n) is 4.98. The largest absolute Gasteiger partial charge is 0.496 e. The number of ether oxygens (including phenoxy) is 1. The van der Waals surface area contributed by atoms with Gasteiger partial charge in [0.1, 0.15) is 11.6 Å². The van der Waals surface area contributed by atoms with Crippen molar-refractivity contribution in [3.05, 3.63) is 52.8 Å². The summed E-state index contributed by atoms with van der Waals surface area (Å²) in [5.74, 6) is 0.672. The summed E-state index contributed by atoms with van der Waals surface area (Å²) in [6.45, 7) is 4.72. The van der Waals surface area contributed by atoms with E-state index in [1.807, 2.05) is 39.1 Å². The Hall–Kier alpha value is -1.87. The maximum Gasteiger partial charge on any atom is 0.124 e. The summed E-state index contributed by atoms with van der Waals surface area (Å²) in [6, 6.07) is 9.00. The molecule has 0 aromatic heterocycles. The lowest BCUT2D eigenvalue weighted by molar-refractivity contribution is 0.408. The molecular formula is C17H20FNO. The van der Waals surface area contributed by atoms with Gasteiger partial charge in [-0.05, 0) is 73.0 Å². The van der Waals surface area contributed by atoms with Crippen LogP contribution in [0.2, 0.25) is 0 Å². The third-order valence-corrected chi connectivity index (χ3v) is 3.41. The van der Waals surface area contributed by atoms with Crippen LogP contribution in [0.1, 0.15) is 16.7 Å². The van der Waals surface area contributed by atoms with Gasteiger partial charge in [-0.3, -0.25) is 0 Å². The summed E-state index contributed by atoms with van der Waals surface area (Å²) in [5, 5.41) is 3.12. The molecule has 20 heavy (non-hydrogen) atoms. The minimum Gasteiger partial charge on any atom is -0.496 e. The predicted octanol–water partition coefficient (Wildman–Crippen LogP) is 3.84. The highest BCUT2D eigenvalue weighted by Crippen LogP contribution is 2.32. The molecule has 0 amide bonds. The van der Waals surface area contributed by atoms with E-state index in [1.54, 1.807) is 13.2 Å². The van der Waals surface area contributed by atoms with Crippen LogP contribution in [0.4, 0.5) is 4.39 Å². The Morgan fingerprint density at radius 1 is 1.10 bits per heavy atom. The molecule has 0 saturated heterocycles. The van der Waals surface area contributed by atoms with E-state index in [0.29, 0.717) is 6.54 Å². The summed E-state index contributed by atoms with van der Waals surface area (Å²) in [6.07, 6.45) is 0. The van der Waals surface area contributed by atoms with Crippen LogP contribution in [0, 0.1) is 19.7 Å². The Bertz CT molecular complexity index is 599. The van der Waals surface area contributed by atoms with Crippen molar-refractivity contribution in [3.63, 3.8) is 0 Å². The fraction of sp³-hybridized carbons (Fsp3) is 0.294. The van der Waals surface area contributed by atoms with Crippen molar-refractivity contribution in [1.29, 1.82) is 0 Å². The first-order valence-corrected chi connectivity index (χ1v) is 6.65. The van der Waals surface area contributed by atoms with Crippen molar-refractivity contribution in [2.75, 3.05) is 14.2 Å². The molecule has 2 rings (SSSR count). The smallest absolute Gasteiger partial charge is 0.124 e. The lowest BCUT2D eigenvalue weighted by Crippen LogP contribution is -2.06. The summed E-state index contributed by atoms with van der Waals surface area (Å²) < 4.78 is 19.0.